The summed E-state index contributed by atoms with van der Waals surface area (Å²) in [7, 11) is 0. The minimum absolute atomic E-state index is 0.0658. The molecular weight excluding hydrogens is 510 g/mol. The van der Waals surface area contributed by atoms with Gasteiger partial charge < -0.3 is 19.9 Å². The second kappa shape index (κ2) is 11.5. The molecule has 0 bridgehead atoms. The van der Waals surface area contributed by atoms with E-state index in [1.54, 1.807) is 12.4 Å². The van der Waals surface area contributed by atoms with Crippen LogP contribution < -0.4 is 15.4 Å². The number of imidazole rings is 1. The average Bonchev–Trinajstić information content (AvgIpc) is 3.68. The van der Waals surface area contributed by atoms with Gasteiger partial charge in [0.05, 0.1) is 24.2 Å². The summed E-state index contributed by atoms with van der Waals surface area (Å²) in [6.07, 6.45) is 8.00. The first kappa shape index (κ1) is 24.9. The van der Waals surface area contributed by atoms with Crippen LogP contribution in [-0.2, 0) is 19.6 Å². The van der Waals surface area contributed by atoms with Gasteiger partial charge in [0.2, 0.25) is 0 Å². The summed E-state index contributed by atoms with van der Waals surface area (Å²) in [5.41, 5.74) is 6.76. The zero-order chi connectivity index (χ0) is 26.4. The van der Waals surface area contributed by atoms with Crippen molar-refractivity contribution in [3.63, 3.8) is 0 Å². The topological polar surface area (TPSA) is 107 Å². The molecule has 1 atom stereocenters. The van der Waals surface area contributed by atoms with Crippen molar-refractivity contribution in [3.05, 3.63) is 113 Å². The van der Waals surface area contributed by atoms with E-state index in [0.29, 0.717) is 31.0 Å². The molecule has 0 aliphatic carbocycles. The van der Waals surface area contributed by atoms with Crippen LogP contribution >= 0.6 is 11.5 Å². The molecule has 0 radical (unpaired) electrons. The Morgan fingerprint density at radius 1 is 1.03 bits per heavy atom. The van der Waals surface area contributed by atoms with Crippen molar-refractivity contribution in [1.82, 2.24) is 34.8 Å². The van der Waals surface area contributed by atoms with Crippen molar-refractivity contribution in [3.8, 4) is 17.0 Å². The van der Waals surface area contributed by atoms with Crippen molar-refractivity contribution < 1.29 is 9.53 Å². The molecule has 5 aromatic rings. The zero-order valence-corrected chi connectivity index (χ0v) is 22.0. The first-order valence-corrected chi connectivity index (χ1v) is 13.6. The Morgan fingerprint density at radius 2 is 1.90 bits per heavy atom. The van der Waals surface area contributed by atoms with E-state index in [1.165, 1.54) is 17.1 Å². The van der Waals surface area contributed by atoms with E-state index in [1.807, 2.05) is 48.2 Å². The van der Waals surface area contributed by atoms with Crippen LogP contribution in [0.3, 0.4) is 0 Å². The van der Waals surface area contributed by atoms with Crippen LogP contribution in [0, 0.1) is 0 Å². The summed E-state index contributed by atoms with van der Waals surface area (Å²) in [5, 5.41) is 12.7. The Kier molecular flexibility index (Phi) is 7.37. The molecule has 0 saturated heterocycles. The number of benzene rings is 2. The molecule has 1 aliphatic rings. The number of fused-ring (bicyclic) bond motifs is 1. The molecule has 1 amide bonds. The maximum absolute atomic E-state index is 13.0. The molecule has 2 aromatic carbocycles. The second-order valence-corrected chi connectivity index (χ2v) is 9.94. The molecule has 39 heavy (non-hydrogen) atoms. The van der Waals surface area contributed by atoms with E-state index < -0.39 is 0 Å². The molecule has 4 heterocycles. The lowest BCUT2D eigenvalue weighted by Gasteiger charge is -2.28. The average molecular weight is 538 g/mol. The van der Waals surface area contributed by atoms with Crippen molar-refractivity contribution in [2.45, 2.75) is 32.1 Å². The van der Waals surface area contributed by atoms with E-state index in [4.69, 9.17) is 4.74 Å². The molecule has 0 spiro atoms. The predicted molar refractivity (Wildman–Crippen MR) is 148 cm³/mol. The van der Waals surface area contributed by atoms with E-state index in [0.717, 1.165) is 41.0 Å². The first-order chi connectivity index (χ1) is 19.2. The van der Waals surface area contributed by atoms with Crippen molar-refractivity contribution in [2.24, 2.45) is 0 Å². The number of para-hydroxylation sites is 1. The fourth-order valence-corrected chi connectivity index (χ4v) is 5.19. The number of carbonyl (C=O) groups excluding carboxylic acids is 1. The third kappa shape index (κ3) is 5.71. The Morgan fingerprint density at radius 3 is 2.72 bits per heavy atom. The number of nitrogens with zero attached hydrogens (tertiary/aromatic N) is 5. The predicted octanol–water partition coefficient (Wildman–Crippen LogP) is 4.39. The Labute approximate surface area is 230 Å². The minimum atomic E-state index is -0.153. The van der Waals surface area contributed by atoms with Gasteiger partial charge in [-0.2, -0.15) is 0 Å². The van der Waals surface area contributed by atoms with Crippen LogP contribution in [0.4, 0.5) is 0 Å². The van der Waals surface area contributed by atoms with Crippen LogP contribution in [0.2, 0.25) is 0 Å². The highest BCUT2D eigenvalue weighted by molar-refractivity contribution is 7.03. The summed E-state index contributed by atoms with van der Waals surface area (Å²) in [6, 6.07) is 18.0. The van der Waals surface area contributed by atoms with Gasteiger partial charge in [-0.05, 0) is 40.9 Å². The number of nitrogens with one attached hydrogen (secondary N) is 2. The SMILES string of the molecule is O=C(NCc1ccncc1)c1cccc2c1OCCC2NCc1cncn1Cc1ccc(-c2csnn2)cc1. The second-order valence-electron chi connectivity index (χ2n) is 9.33. The molecular formula is C29H27N7O2S. The van der Waals surface area contributed by atoms with Crippen molar-refractivity contribution >= 4 is 17.4 Å². The lowest BCUT2D eigenvalue weighted by molar-refractivity contribution is 0.0945. The van der Waals surface area contributed by atoms with E-state index in [9.17, 15) is 4.79 Å². The van der Waals surface area contributed by atoms with Gasteiger partial charge in [-0.3, -0.25) is 9.78 Å². The summed E-state index contributed by atoms with van der Waals surface area (Å²) in [5.74, 6) is 0.497. The Balaban J connectivity index is 1.11. The quantitative estimate of drug-likeness (QED) is 0.287. The molecule has 196 valence electrons. The summed E-state index contributed by atoms with van der Waals surface area (Å²) < 4.78 is 12.1. The largest absolute Gasteiger partial charge is 0.492 e. The lowest BCUT2D eigenvalue weighted by atomic mass is 9.97. The first-order valence-electron chi connectivity index (χ1n) is 12.8. The van der Waals surface area contributed by atoms with Gasteiger partial charge in [-0.15, -0.1) is 5.10 Å². The monoisotopic (exact) mass is 537 g/mol. The van der Waals surface area contributed by atoms with Crippen molar-refractivity contribution in [2.75, 3.05) is 6.61 Å². The number of hydrogen-bond donors (Lipinski definition) is 2. The maximum Gasteiger partial charge on any atom is 0.255 e. The number of pyridine rings is 1. The molecule has 1 unspecified atom stereocenters. The van der Waals surface area contributed by atoms with Gasteiger partial charge in [0, 0.05) is 67.2 Å². The molecule has 1 aliphatic heterocycles. The van der Waals surface area contributed by atoms with E-state index >= 15 is 0 Å². The number of hydrogen-bond acceptors (Lipinski definition) is 8. The molecule has 9 nitrogen and oxygen atoms in total. The van der Waals surface area contributed by atoms with Gasteiger partial charge in [0.25, 0.3) is 5.91 Å². The minimum Gasteiger partial charge on any atom is -0.492 e. The van der Waals surface area contributed by atoms with Gasteiger partial charge >= 0.3 is 0 Å². The Bertz CT molecular complexity index is 1540. The lowest BCUT2D eigenvalue weighted by Crippen LogP contribution is -2.30. The number of carbonyl (C=O) groups is 1. The van der Waals surface area contributed by atoms with E-state index in [-0.39, 0.29) is 11.9 Å². The Hall–Kier alpha value is -4.41. The van der Waals surface area contributed by atoms with E-state index in [2.05, 4.69) is 59.0 Å². The highest BCUT2D eigenvalue weighted by atomic mass is 32.1. The van der Waals surface area contributed by atoms with Crippen molar-refractivity contribution in [1.29, 1.82) is 0 Å². The fraction of sp³-hybridized carbons (Fsp3) is 0.207. The maximum atomic E-state index is 13.0. The van der Waals surface area contributed by atoms with Crippen LogP contribution in [-0.4, -0.2) is 36.6 Å². The third-order valence-corrected chi connectivity index (χ3v) is 7.32. The van der Waals surface area contributed by atoms with Gasteiger partial charge in [0.1, 0.15) is 11.4 Å². The smallest absolute Gasteiger partial charge is 0.255 e. The molecule has 2 N–H and O–H groups in total. The summed E-state index contributed by atoms with van der Waals surface area (Å²) >= 11 is 1.35. The standard InChI is InChI=1S/C29H27N7O2S/c37-29(33-14-20-8-11-30-12-9-20)25-3-1-2-24-26(10-13-38-28(24)25)32-16-23-15-31-19-36(23)17-21-4-6-22(7-5-21)27-18-39-35-34-27/h1-9,11-12,15,18-19,26,32H,10,13-14,16-17H2,(H,33,37). The molecule has 3 aromatic heterocycles. The molecule has 6 rings (SSSR count). The van der Waals surface area contributed by atoms with Gasteiger partial charge in [-0.25, -0.2) is 4.98 Å². The third-order valence-electron chi connectivity index (χ3n) is 6.81. The van der Waals surface area contributed by atoms with Crippen LogP contribution in [0.1, 0.15) is 45.2 Å². The molecule has 0 fully saturated rings. The highest BCUT2D eigenvalue weighted by Crippen LogP contribution is 2.35. The fourth-order valence-electron chi connectivity index (χ4n) is 4.73. The van der Waals surface area contributed by atoms with Crippen LogP contribution in [0.5, 0.6) is 5.75 Å². The zero-order valence-electron chi connectivity index (χ0n) is 21.2. The highest BCUT2D eigenvalue weighted by Gasteiger charge is 2.26. The van der Waals surface area contributed by atoms with Gasteiger partial charge in [0.15, 0.2) is 0 Å². The number of amides is 1. The summed E-state index contributed by atoms with van der Waals surface area (Å²) in [6.45, 7) is 2.34. The molecule has 0 saturated carbocycles. The van der Waals surface area contributed by atoms with Crippen LogP contribution in [0.15, 0.2) is 84.9 Å². The van der Waals surface area contributed by atoms with Crippen LogP contribution in [0.25, 0.3) is 11.3 Å². The summed E-state index contributed by atoms with van der Waals surface area (Å²) in [4.78, 5) is 21.4. The normalized spacial score (nSPS) is 14.4. The number of aromatic nitrogens is 5. The molecule has 10 heteroatoms. The number of ether oxygens (including phenoxy) is 1. The van der Waals surface area contributed by atoms with Gasteiger partial charge in [-0.1, -0.05) is 40.9 Å². The number of rotatable bonds is 9.